The predicted molar refractivity (Wildman–Crippen MR) is 45.6 cm³/mol. The van der Waals surface area contributed by atoms with Crippen molar-refractivity contribution in [3.63, 3.8) is 0 Å². The number of hydrogen-bond acceptors (Lipinski definition) is 2. The minimum atomic E-state index is 0.603. The number of fused-ring (bicyclic) bond motifs is 1. The van der Waals surface area contributed by atoms with Crippen molar-refractivity contribution in [2.75, 3.05) is 5.32 Å². The summed E-state index contributed by atoms with van der Waals surface area (Å²) in [6.45, 7) is 2.20. The lowest BCUT2D eigenvalue weighted by atomic mass is 10.0. The number of anilines is 1. The van der Waals surface area contributed by atoms with Crippen LogP contribution >= 0.6 is 0 Å². The summed E-state index contributed by atoms with van der Waals surface area (Å²) in [6, 6.07) is 2.69. The van der Waals surface area contributed by atoms with Gasteiger partial charge in [-0.1, -0.05) is 0 Å². The van der Waals surface area contributed by atoms with E-state index >= 15 is 0 Å². The molecule has 1 aromatic rings. The molecule has 0 aliphatic carbocycles. The van der Waals surface area contributed by atoms with Gasteiger partial charge in [-0.15, -0.1) is 0 Å². The number of rotatable bonds is 0. The highest BCUT2D eigenvalue weighted by atomic mass is 14.9. The van der Waals surface area contributed by atoms with Crippen molar-refractivity contribution in [1.29, 1.82) is 0 Å². The molecule has 2 heterocycles. The van der Waals surface area contributed by atoms with Crippen LogP contribution in [-0.4, -0.2) is 11.0 Å². The molecule has 11 heavy (non-hydrogen) atoms. The van der Waals surface area contributed by atoms with Gasteiger partial charge in [0.1, 0.15) is 0 Å². The Kier molecular flexibility index (Phi) is 1.53. The lowest BCUT2D eigenvalue weighted by Crippen LogP contribution is -2.21. The van der Waals surface area contributed by atoms with E-state index in [2.05, 4.69) is 23.3 Å². The summed E-state index contributed by atoms with van der Waals surface area (Å²) in [4.78, 5) is 4.07. The van der Waals surface area contributed by atoms with E-state index in [1.54, 1.807) is 0 Å². The van der Waals surface area contributed by atoms with Crippen molar-refractivity contribution >= 4 is 5.69 Å². The zero-order chi connectivity index (χ0) is 7.68. The standard InChI is InChI=1S/C9H12N2/c1-7-2-3-8-4-5-10-6-9(8)11-7/h4-7,11H,2-3H2,1H3. The highest BCUT2D eigenvalue weighted by molar-refractivity contribution is 5.51. The maximum Gasteiger partial charge on any atom is 0.0561 e. The Hall–Kier alpha value is -1.05. The SMILES string of the molecule is CC1CCc2ccncc2N1. The highest BCUT2D eigenvalue weighted by Crippen LogP contribution is 2.22. The molecule has 1 aliphatic rings. The van der Waals surface area contributed by atoms with E-state index in [4.69, 9.17) is 0 Å². The van der Waals surface area contributed by atoms with E-state index in [1.807, 2.05) is 12.4 Å². The topological polar surface area (TPSA) is 24.9 Å². The first-order valence-corrected chi connectivity index (χ1v) is 4.05. The van der Waals surface area contributed by atoms with Crippen molar-refractivity contribution in [3.05, 3.63) is 24.0 Å². The van der Waals surface area contributed by atoms with Gasteiger partial charge in [0.2, 0.25) is 0 Å². The maximum atomic E-state index is 4.07. The Morgan fingerprint density at radius 1 is 1.64 bits per heavy atom. The summed E-state index contributed by atoms with van der Waals surface area (Å²) < 4.78 is 0. The molecule has 1 aliphatic heterocycles. The van der Waals surface area contributed by atoms with Crippen LogP contribution < -0.4 is 5.32 Å². The molecule has 1 N–H and O–H groups in total. The molecule has 0 saturated carbocycles. The number of hydrogen-bond donors (Lipinski definition) is 1. The van der Waals surface area contributed by atoms with Crippen LogP contribution in [0.3, 0.4) is 0 Å². The lowest BCUT2D eigenvalue weighted by Gasteiger charge is -2.23. The molecule has 1 aromatic heterocycles. The quantitative estimate of drug-likeness (QED) is 0.607. The van der Waals surface area contributed by atoms with Crippen molar-refractivity contribution in [1.82, 2.24) is 4.98 Å². The molecule has 2 heteroatoms. The van der Waals surface area contributed by atoms with Crippen molar-refractivity contribution in [2.45, 2.75) is 25.8 Å². The average molecular weight is 148 g/mol. The van der Waals surface area contributed by atoms with E-state index in [0.717, 1.165) is 0 Å². The van der Waals surface area contributed by atoms with Crippen LogP contribution in [0.2, 0.25) is 0 Å². The summed E-state index contributed by atoms with van der Waals surface area (Å²) in [7, 11) is 0. The fourth-order valence-corrected chi connectivity index (χ4v) is 1.48. The van der Waals surface area contributed by atoms with E-state index in [-0.39, 0.29) is 0 Å². The second-order valence-corrected chi connectivity index (χ2v) is 3.12. The summed E-state index contributed by atoms with van der Waals surface area (Å²) >= 11 is 0. The van der Waals surface area contributed by atoms with Crippen LogP contribution in [0.15, 0.2) is 18.5 Å². The van der Waals surface area contributed by atoms with Crippen LogP contribution in [-0.2, 0) is 6.42 Å². The molecule has 0 aromatic carbocycles. The molecule has 2 nitrogen and oxygen atoms in total. The van der Waals surface area contributed by atoms with Gasteiger partial charge in [-0.25, -0.2) is 0 Å². The average Bonchev–Trinajstić information content (AvgIpc) is 2.04. The zero-order valence-corrected chi connectivity index (χ0v) is 6.67. The van der Waals surface area contributed by atoms with E-state index in [9.17, 15) is 0 Å². The summed E-state index contributed by atoms with van der Waals surface area (Å²) in [5.41, 5.74) is 2.62. The van der Waals surface area contributed by atoms with Crippen molar-refractivity contribution in [2.24, 2.45) is 0 Å². The lowest BCUT2D eigenvalue weighted by molar-refractivity contribution is 0.679. The van der Waals surface area contributed by atoms with Crippen LogP contribution in [0.25, 0.3) is 0 Å². The van der Waals surface area contributed by atoms with Gasteiger partial charge in [0.15, 0.2) is 0 Å². The third-order valence-electron chi connectivity index (χ3n) is 2.16. The largest absolute Gasteiger partial charge is 0.381 e. The van der Waals surface area contributed by atoms with Gasteiger partial charge in [-0.05, 0) is 31.4 Å². The van der Waals surface area contributed by atoms with Gasteiger partial charge in [0.05, 0.1) is 11.9 Å². The molecular weight excluding hydrogens is 136 g/mol. The van der Waals surface area contributed by atoms with E-state index in [1.165, 1.54) is 24.1 Å². The van der Waals surface area contributed by atoms with Crippen LogP contribution in [0.1, 0.15) is 18.9 Å². The Labute approximate surface area is 66.7 Å². The highest BCUT2D eigenvalue weighted by Gasteiger charge is 2.12. The van der Waals surface area contributed by atoms with E-state index in [0.29, 0.717) is 6.04 Å². The summed E-state index contributed by atoms with van der Waals surface area (Å²) in [5.74, 6) is 0. The third kappa shape index (κ3) is 1.20. The first kappa shape index (κ1) is 6.65. The Balaban J connectivity index is 2.34. The molecule has 0 spiro atoms. The third-order valence-corrected chi connectivity index (χ3v) is 2.16. The van der Waals surface area contributed by atoms with Crippen LogP contribution in [0.4, 0.5) is 5.69 Å². The van der Waals surface area contributed by atoms with Gasteiger partial charge in [0.25, 0.3) is 0 Å². The molecule has 0 fully saturated rings. The molecule has 0 bridgehead atoms. The fraction of sp³-hybridized carbons (Fsp3) is 0.444. The van der Waals surface area contributed by atoms with Crippen molar-refractivity contribution < 1.29 is 0 Å². The number of aryl methyl sites for hydroxylation is 1. The van der Waals surface area contributed by atoms with Crippen LogP contribution in [0.5, 0.6) is 0 Å². The Bertz CT molecular complexity index is 257. The second kappa shape index (κ2) is 2.53. The second-order valence-electron chi connectivity index (χ2n) is 3.12. The molecule has 1 unspecified atom stereocenters. The fourth-order valence-electron chi connectivity index (χ4n) is 1.48. The van der Waals surface area contributed by atoms with Gasteiger partial charge in [0, 0.05) is 12.2 Å². The predicted octanol–water partition coefficient (Wildman–Crippen LogP) is 1.83. The normalized spacial score (nSPS) is 22.1. The first-order valence-electron chi connectivity index (χ1n) is 4.05. The molecule has 58 valence electrons. The van der Waals surface area contributed by atoms with Gasteiger partial charge in [-0.3, -0.25) is 4.98 Å². The van der Waals surface area contributed by atoms with Crippen molar-refractivity contribution in [3.8, 4) is 0 Å². The molecule has 0 radical (unpaired) electrons. The smallest absolute Gasteiger partial charge is 0.0561 e. The van der Waals surface area contributed by atoms with Gasteiger partial charge in [-0.2, -0.15) is 0 Å². The zero-order valence-electron chi connectivity index (χ0n) is 6.67. The number of nitrogens with zero attached hydrogens (tertiary/aromatic N) is 1. The van der Waals surface area contributed by atoms with Gasteiger partial charge < -0.3 is 5.32 Å². The summed E-state index contributed by atoms with van der Waals surface area (Å²) in [6.07, 6.45) is 6.19. The minimum absolute atomic E-state index is 0.603. The van der Waals surface area contributed by atoms with Gasteiger partial charge >= 0.3 is 0 Å². The maximum absolute atomic E-state index is 4.07. The molecule has 2 rings (SSSR count). The van der Waals surface area contributed by atoms with Crippen LogP contribution in [0, 0.1) is 0 Å². The Morgan fingerprint density at radius 3 is 3.45 bits per heavy atom. The first-order chi connectivity index (χ1) is 5.36. The molecule has 0 saturated heterocycles. The monoisotopic (exact) mass is 148 g/mol. The summed E-state index contributed by atoms with van der Waals surface area (Å²) in [5, 5.41) is 3.40. The minimum Gasteiger partial charge on any atom is -0.381 e. The Morgan fingerprint density at radius 2 is 2.55 bits per heavy atom. The van der Waals surface area contributed by atoms with E-state index < -0.39 is 0 Å². The molecular formula is C9H12N2. The number of pyridine rings is 1. The number of nitrogens with one attached hydrogen (secondary N) is 1. The number of aromatic nitrogens is 1. The molecule has 0 amide bonds. The molecule has 1 atom stereocenters.